The van der Waals surface area contributed by atoms with Crippen LogP contribution in [0.4, 0.5) is 0 Å². The van der Waals surface area contributed by atoms with Crippen LogP contribution in [0, 0.1) is 0 Å². The first-order valence-electron chi connectivity index (χ1n) is 7.41. The predicted octanol–water partition coefficient (Wildman–Crippen LogP) is 0.770. The molecule has 7 heteroatoms. The van der Waals surface area contributed by atoms with E-state index < -0.39 is 0 Å². The Balaban J connectivity index is 1.77. The zero-order valence-corrected chi connectivity index (χ0v) is 12.8. The first-order chi connectivity index (χ1) is 11.2. The monoisotopic (exact) mass is 311 g/mol. The topological polar surface area (TPSA) is 81.3 Å². The van der Waals surface area contributed by atoms with Gasteiger partial charge in [0, 0.05) is 31.6 Å². The number of carbonyl (C=O) groups excluding carboxylic acids is 1. The maximum atomic E-state index is 12.4. The van der Waals surface area contributed by atoms with Crippen LogP contribution in [-0.4, -0.2) is 25.1 Å². The van der Waals surface area contributed by atoms with Gasteiger partial charge in [-0.2, -0.15) is 5.10 Å². The Bertz CT molecular complexity index is 882. The van der Waals surface area contributed by atoms with Crippen molar-refractivity contribution in [3.05, 3.63) is 64.6 Å². The maximum absolute atomic E-state index is 12.4. The van der Waals surface area contributed by atoms with Crippen LogP contribution >= 0.6 is 0 Å². The van der Waals surface area contributed by atoms with Gasteiger partial charge in [-0.1, -0.05) is 13.0 Å². The van der Waals surface area contributed by atoms with E-state index in [2.05, 4.69) is 15.4 Å². The quantitative estimate of drug-likeness (QED) is 0.754. The number of pyridine rings is 1. The van der Waals surface area contributed by atoms with E-state index in [1.807, 2.05) is 19.1 Å². The molecule has 0 saturated heterocycles. The molecule has 23 heavy (non-hydrogen) atoms. The summed E-state index contributed by atoms with van der Waals surface area (Å²) in [6, 6.07) is 7.21. The maximum Gasteiger partial charge on any atom is 0.291 e. The van der Waals surface area contributed by atoms with Gasteiger partial charge in [-0.15, -0.1) is 0 Å². The van der Waals surface area contributed by atoms with Crippen molar-refractivity contribution in [3.8, 4) is 0 Å². The van der Waals surface area contributed by atoms with Crippen molar-refractivity contribution in [2.75, 3.05) is 0 Å². The number of aromatic nitrogens is 4. The lowest BCUT2D eigenvalue weighted by atomic mass is 10.3. The van der Waals surface area contributed by atoms with Crippen LogP contribution in [0.25, 0.3) is 5.52 Å². The van der Waals surface area contributed by atoms with Gasteiger partial charge in [0.05, 0.1) is 0 Å². The molecule has 0 bridgehead atoms. The minimum Gasteiger partial charge on any atom is -0.350 e. The van der Waals surface area contributed by atoms with Crippen molar-refractivity contribution >= 4 is 11.4 Å². The van der Waals surface area contributed by atoms with Crippen LogP contribution in [0.2, 0.25) is 0 Å². The highest BCUT2D eigenvalue weighted by atomic mass is 16.2. The first kappa shape index (κ1) is 15.0. The molecule has 3 heterocycles. The number of hydrogen-bond donors (Lipinski definition) is 1. The number of carbonyl (C=O) groups is 1. The molecule has 3 aromatic rings. The third-order valence-corrected chi connectivity index (χ3v) is 3.54. The largest absolute Gasteiger partial charge is 0.350 e. The number of hydrogen-bond acceptors (Lipinski definition) is 4. The molecule has 3 aromatic heterocycles. The van der Waals surface area contributed by atoms with E-state index in [0.717, 1.165) is 11.4 Å². The SMILES string of the molecule is CCc1nn(CC(=O)NCc2cccnc2)c(=O)c2cccn12. The third-order valence-electron chi connectivity index (χ3n) is 3.54. The van der Waals surface area contributed by atoms with E-state index in [-0.39, 0.29) is 18.0 Å². The van der Waals surface area contributed by atoms with Gasteiger partial charge in [0.2, 0.25) is 5.91 Å². The molecular weight excluding hydrogens is 294 g/mol. The molecule has 0 radical (unpaired) electrons. The van der Waals surface area contributed by atoms with E-state index in [1.165, 1.54) is 4.68 Å². The average Bonchev–Trinajstić information content (AvgIpc) is 3.06. The molecule has 0 aliphatic carbocycles. The summed E-state index contributed by atoms with van der Waals surface area (Å²) in [5.74, 6) is 0.478. The Morgan fingerprint density at radius 3 is 2.91 bits per heavy atom. The van der Waals surface area contributed by atoms with Crippen LogP contribution in [0.5, 0.6) is 0 Å². The molecule has 0 fully saturated rings. The van der Waals surface area contributed by atoms with Gasteiger partial charge in [-0.25, -0.2) is 4.68 Å². The highest BCUT2D eigenvalue weighted by molar-refractivity contribution is 5.75. The molecule has 0 aromatic carbocycles. The fraction of sp³-hybridized carbons (Fsp3) is 0.250. The number of nitrogens with zero attached hydrogens (tertiary/aromatic N) is 4. The second-order valence-corrected chi connectivity index (χ2v) is 5.13. The van der Waals surface area contributed by atoms with Crippen molar-refractivity contribution in [3.63, 3.8) is 0 Å². The van der Waals surface area contributed by atoms with Gasteiger partial charge < -0.3 is 5.32 Å². The summed E-state index contributed by atoms with van der Waals surface area (Å²) in [4.78, 5) is 28.4. The Morgan fingerprint density at radius 2 is 2.17 bits per heavy atom. The van der Waals surface area contributed by atoms with Crippen LogP contribution < -0.4 is 10.9 Å². The molecular formula is C16H17N5O2. The van der Waals surface area contributed by atoms with Gasteiger partial charge in [0.15, 0.2) is 0 Å². The van der Waals surface area contributed by atoms with Crippen LogP contribution in [0.1, 0.15) is 18.3 Å². The van der Waals surface area contributed by atoms with Crippen molar-refractivity contribution in [2.45, 2.75) is 26.4 Å². The van der Waals surface area contributed by atoms with Gasteiger partial charge >= 0.3 is 0 Å². The summed E-state index contributed by atoms with van der Waals surface area (Å²) >= 11 is 0. The molecule has 0 aliphatic rings. The second kappa shape index (κ2) is 6.43. The third kappa shape index (κ3) is 3.13. The molecule has 0 atom stereocenters. The van der Waals surface area contributed by atoms with Gasteiger partial charge in [0.1, 0.15) is 17.9 Å². The van der Waals surface area contributed by atoms with Crippen LogP contribution in [-0.2, 0) is 24.3 Å². The zero-order valence-electron chi connectivity index (χ0n) is 12.8. The normalized spacial score (nSPS) is 10.8. The van der Waals surface area contributed by atoms with Crippen molar-refractivity contribution in [2.24, 2.45) is 0 Å². The van der Waals surface area contributed by atoms with E-state index in [9.17, 15) is 9.59 Å². The van der Waals surface area contributed by atoms with E-state index in [4.69, 9.17) is 0 Å². The first-order valence-corrected chi connectivity index (χ1v) is 7.41. The van der Waals surface area contributed by atoms with E-state index in [1.54, 1.807) is 35.1 Å². The second-order valence-electron chi connectivity index (χ2n) is 5.13. The summed E-state index contributed by atoms with van der Waals surface area (Å²) < 4.78 is 2.97. The Hall–Kier alpha value is -2.96. The van der Waals surface area contributed by atoms with Crippen LogP contribution in [0.15, 0.2) is 47.7 Å². The number of rotatable bonds is 5. The molecule has 118 valence electrons. The predicted molar refractivity (Wildman–Crippen MR) is 84.9 cm³/mol. The van der Waals surface area contributed by atoms with Crippen molar-refractivity contribution in [1.82, 2.24) is 24.5 Å². The molecule has 1 amide bonds. The summed E-state index contributed by atoms with van der Waals surface area (Å²) in [7, 11) is 0. The Labute approximate surface area is 132 Å². The number of fused-ring (bicyclic) bond motifs is 1. The fourth-order valence-electron chi connectivity index (χ4n) is 2.39. The minimum absolute atomic E-state index is 0.103. The molecule has 0 spiro atoms. The fourth-order valence-corrected chi connectivity index (χ4v) is 2.39. The summed E-state index contributed by atoms with van der Waals surface area (Å²) in [6.45, 7) is 2.22. The molecule has 3 rings (SSSR count). The molecule has 7 nitrogen and oxygen atoms in total. The lowest BCUT2D eigenvalue weighted by molar-refractivity contribution is -0.122. The molecule has 0 aliphatic heterocycles. The Morgan fingerprint density at radius 1 is 1.30 bits per heavy atom. The lowest BCUT2D eigenvalue weighted by Crippen LogP contribution is -2.35. The standard InChI is InChI=1S/C16H17N5O2/c1-2-14-19-21(16(23)13-6-4-8-20(13)14)11-15(22)18-10-12-5-3-7-17-9-12/h3-9H,2,10-11H2,1H3,(H,18,22). The number of aryl methyl sites for hydroxylation is 1. The van der Waals surface area contributed by atoms with Gasteiger partial charge in [-0.05, 0) is 23.8 Å². The smallest absolute Gasteiger partial charge is 0.291 e. The highest BCUT2D eigenvalue weighted by Gasteiger charge is 2.11. The molecule has 1 N–H and O–H groups in total. The summed E-state index contributed by atoms with van der Waals surface area (Å²) in [5, 5.41) is 7.05. The highest BCUT2D eigenvalue weighted by Crippen LogP contribution is 2.02. The molecule has 0 saturated carbocycles. The minimum atomic E-state index is -0.274. The summed E-state index contributed by atoms with van der Waals surface area (Å²) in [5.41, 5.74) is 1.15. The van der Waals surface area contributed by atoms with E-state index >= 15 is 0 Å². The zero-order chi connectivity index (χ0) is 16.2. The van der Waals surface area contributed by atoms with Crippen molar-refractivity contribution in [1.29, 1.82) is 0 Å². The van der Waals surface area contributed by atoms with E-state index in [0.29, 0.717) is 18.5 Å². The molecule has 0 unspecified atom stereocenters. The average molecular weight is 311 g/mol. The van der Waals surface area contributed by atoms with Crippen molar-refractivity contribution < 1.29 is 4.79 Å². The van der Waals surface area contributed by atoms with Gasteiger partial charge in [-0.3, -0.25) is 19.0 Å². The number of nitrogens with one attached hydrogen (secondary N) is 1. The number of amides is 1. The van der Waals surface area contributed by atoms with Crippen LogP contribution in [0.3, 0.4) is 0 Å². The lowest BCUT2D eigenvalue weighted by Gasteiger charge is -2.10. The van der Waals surface area contributed by atoms with Gasteiger partial charge in [0.25, 0.3) is 5.56 Å². The summed E-state index contributed by atoms with van der Waals surface area (Å²) in [6.07, 6.45) is 5.83. The Kier molecular flexibility index (Phi) is 4.18.